The molecule has 0 unspecified atom stereocenters. The quantitative estimate of drug-likeness (QED) is 0.617. The molecule has 0 radical (unpaired) electrons. The number of aromatic nitrogens is 2. The van der Waals surface area contributed by atoms with Gasteiger partial charge in [-0.1, -0.05) is 0 Å². The zero-order valence-electron chi connectivity index (χ0n) is 8.73. The van der Waals surface area contributed by atoms with E-state index in [9.17, 15) is 21.6 Å². The minimum atomic E-state index is -5.63. The molecule has 1 aromatic rings. The van der Waals surface area contributed by atoms with Gasteiger partial charge in [-0.3, -0.25) is 0 Å². The molecule has 1 aromatic heterocycles. The Balaban J connectivity index is 2.24. The third-order valence-electron chi connectivity index (χ3n) is 2.33. The number of hydrogen-bond acceptors (Lipinski definition) is 4. The van der Waals surface area contributed by atoms with Crippen LogP contribution in [0.5, 0.6) is 5.88 Å². The van der Waals surface area contributed by atoms with E-state index in [1.54, 1.807) is 0 Å². The van der Waals surface area contributed by atoms with Crippen LogP contribution >= 0.6 is 0 Å². The van der Waals surface area contributed by atoms with E-state index in [0.29, 0.717) is 5.69 Å². The van der Waals surface area contributed by atoms with E-state index in [1.165, 1.54) is 13.1 Å². The van der Waals surface area contributed by atoms with Crippen LogP contribution in [0.15, 0.2) is 6.07 Å². The average Bonchev–Trinajstić information content (AvgIpc) is 2.92. The molecular formula is C8H9F3N2O3S. The van der Waals surface area contributed by atoms with Gasteiger partial charge in [0.25, 0.3) is 0 Å². The Bertz CT molecular complexity index is 531. The lowest BCUT2D eigenvalue weighted by Gasteiger charge is -2.08. The Labute approximate surface area is 95.3 Å². The van der Waals surface area contributed by atoms with Crippen LogP contribution in [0.1, 0.15) is 24.5 Å². The second kappa shape index (κ2) is 3.62. The third-order valence-corrected chi connectivity index (χ3v) is 3.29. The molecule has 0 saturated heterocycles. The Morgan fingerprint density at radius 1 is 1.47 bits per heavy atom. The van der Waals surface area contributed by atoms with Gasteiger partial charge in [-0.25, -0.2) is 4.68 Å². The van der Waals surface area contributed by atoms with Crippen molar-refractivity contribution < 1.29 is 25.8 Å². The van der Waals surface area contributed by atoms with Crippen molar-refractivity contribution >= 4 is 10.1 Å². The molecule has 0 atom stereocenters. The summed E-state index contributed by atoms with van der Waals surface area (Å²) in [5.41, 5.74) is -4.88. The summed E-state index contributed by atoms with van der Waals surface area (Å²) in [6.07, 6.45) is 1.81. The summed E-state index contributed by atoms with van der Waals surface area (Å²) in [7, 11) is -4.30. The van der Waals surface area contributed by atoms with Crippen LogP contribution in [0.2, 0.25) is 0 Å². The lowest BCUT2D eigenvalue weighted by molar-refractivity contribution is -0.0502. The molecule has 1 saturated carbocycles. The van der Waals surface area contributed by atoms with Crippen LogP contribution in [0, 0.1) is 0 Å². The van der Waals surface area contributed by atoms with Gasteiger partial charge in [-0.2, -0.15) is 26.7 Å². The standard InChI is InChI=1S/C8H9F3N2O3S/c1-13-7(4-6(12-13)5-2-3-5)16-17(14,15)8(9,10)11/h4-5H,2-3H2,1H3. The molecule has 1 heterocycles. The predicted octanol–water partition coefficient (Wildman–Crippen LogP) is 1.53. The number of hydrogen-bond donors (Lipinski definition) is 0. The van der Waals surface area contributed by atoms with E-state index < -0.39 is 21.5 Å². The van der Waals surface area contributed by atoms with Crippen LogP contribution in [0.25, 0.3) is 0 Å². The highest BCUT2D eigenvalue weighted by Crippen LogP contribution is 2.40. The SMILES string of the molecule is Cn1nc(C2CC2)cc1OS(=O)(=O)C(F)(F)F. The number of alkyl halides is 3. The molecule has 1 aliphatic carbocycles. The maximum absolute atomic E-state index is 12.1. The first-order valence-electron chi connectivity index (χ1n) is 4.75. The normalized spacial score (nSPS) is 17.2. The zero-order chi connectivity index (χ0) is 12.8. The van der Waals surface area contributed by atoms with Gasteiger partial charge in [0, 0.05) is 19.0 Å². The number of rotatable bonds is 3. The van der Waals surface area contributed by atoms with Crippen molar-refractivity contribution in [1.29, 1.82) is 0 Å². The summed E-state index contributed by atoms with van der Waals surface area (Å²) in [4.78, 5) is 0. The van der Waals surface area contributed by atoms with Crippen LogP contribution in [-0.4, -0.2) is 23.7 Å². The molecule has 0 aliphatic heterocycles. The minimum Gasteiger partial charge on any atom is -0.356 e. The molecule has 1 fully saturated rings. The van der Waals surface area contributed by atoms with E-state index in [-0.39, 0.29) is 5.92 Å². The monoisotopic (exact) mass is 270 g/mol. The minimum absolute atomic E-state index is 0.201. The van der Waals surface area contributed by atoms with Crippen molar-refractivity contribution in [3.05, 3.63) is 11.8 Å². The van der Waals surface area contributed by atoms with Crippen LogP contribution < -0.4 is 4.18 Å². The fraction of sp³-hybridized carbons (Fsp3) is 0.625. The van der Waals surface area contributed by atoms with E-state index in [1.807, 2.05) is 0 Å². The molecule has 96 valence electrons. The lowest BCUT2D eigenvalue weighted by atomic mass is 10.3. The lowest BCUT2D eigenvalue weighted by Crippen LogP contribution is -2.28. The average molecular weight is 270 g/mol. The highest BCUT2D eigenvalue weighted by atomic mass is 32.2. The fourth-order valence-corrected chi connectivity index (χ4v) is 1.76. The van der Waals surface area contributed by atoms with E-state index in [4.69, 9.17) is 0 Å². The molecule has 0 aromatic carbocycles. The predicted molar refractivity (Wildman–Crippen MR) is 50.8 cm³/mol. The van der Waals surface area contributed by atoms with E-state index >= 15 is 0 Å². The van der Waals surface area contributed by atoms with Crippen molar-refractivity contribution in [2.24, 2.45) is 7.05 Å². The molecule has 9 heteroatoms. The summed E-state index contributed by atoms with van der Waals surface area (Å²) < 4.78 is 62.8. The first-order chi connectivity index (χ1) is 7.71. The maximum atomic E-state index is 12.1. The topological polar surface area (TPSA) is 61.2 Å². The summed E-state index contributed by atoms with van der Waals surface area (Å²) in [6, 6.07) is 1.22. The van der Waals surface area contributed by atoms with Crippen molar-refractivity contribution in [2.45, 2.75) is 24.3 Å². The number of halogens is 3. The van der Waals surface area contributed by atoms with Crippen LogP contribution in [0.4, 0.5) is 13.2 Å². The Morgan fingerprint density at radius 3 is 2.53 bits per heavy atom. The van der Waals surface area contributed by atoms with Crippen molar-refractivity contribution in [3.8, 4) is 5.88 Å². The summed E-state index contributed by atoms with van der Waals surface area (Å²) >= 11 is 0. The first-order valence-corrected chi connectivity index (χ1v) is 6.16. The zero-order valence-corrected chi connectivity index (χ0v) is 9.55. The maximum Gasteiger partial charge on any atom is 0.534 e. The number of aryl methyl sites for hydroxylation is 1. The van der Waals surface area contributed by atoms with Gasteiger partial charge < -0.3 is 4.18 Å². The second-order valence-electron chi connectivity index (χ2n) is 3.79. The van der Waals surface area contributed by atoms with E-state index in [2.05, 4.69) is 9.28 Å². The molecule has 0 bridgehead atoms. The highest BCUT2D eigenvalue weighted by molar-refractivity contribution is 7.87. The van der Waals surface area contributed by atoms with Crippen molar-refractivity contribution in [2.75, 3.05) is 0 Å². The van der Waals surface area contributed by atoms with Gasteiger partial charge in [-0.05, 0) is 12.8 Å². The summed E-state index contributed by atoms with van der Waals surface area (Å²) in [5.74, 6) is -0.226. The molecule has 2 rings (SSSR count). The highest BCUT2D eigenvalue weighted by Gasteiger charge is 2.49. The Hall–Kier alpha value is -1.25. The van der Waals surface area contributed by atoms with Gasteiger partial charge >= 0.3 is 15.6 Å². The molecule has 0 spiro atoms. The van der Waals surface area contributed by atoms with Crippen molar-refractivity contribution in [1.82, 2.24) is 9.78 Å². The van der Waals surface area contributed by atoms with Crippen LogP contribution in [-0.2, 0) is 17.2 Å². The van der Waals surface area contributed by atoms with Crippen LogP contribution in [0.3, 0.4) is 0 Å². The van der Waals surface area contributed by atoms with Gasteiger partial charge in [0.05, 0.1) is 5.69 Å². The van der Waals surface area contributed by atoms with Gasteiger partial charge in [0.2, 0.25) is 5.88 Å². The molecule has 5 nitrogen and oxygen atoms in total. The van der Waals surface area contributed by atoms with Gasteiger partial charge in [-0.15, -0.1) is 0 Å². The Morgan fingerprint density at radius 2 is 2.06 bits per heavy atom. The van der Waals surface area contributed by atoms with Crippen molar-refractivity contribution in [3.63, 3.8) is 0 Å². The fourth-order valence-electron chi connectivity index (χ4n) is 1.29. The Kier molecular flexibility index (Phi) is 2.60. The molecular weight excluding hydrogens is 261 g/mol. The van der Waals surface area contributed by atoms with Gasteiger partial charge in [0.15, 0.2) is 0 Å². The van der Waals surface area contributed by atoms with E-state index in [0.717, 1.165) is 17.5 Å². The van der Waals surface area contributed by atoms with Gasteiger partial charge in [0.1, 0.15) is 0 Å². The third kappa shape index (κ3) is 2.38. The molecule has 17 heavy (non-hydrogen) atoms. The molecule has 1 aliphatic rings. The first kappa shape index (κ1) is 12.2. The summed E-state index contributed by atoms with van der Waals surface area (Å²) in [6.45, 7) is 0. The number of nitrogens with zero attached hydrogens (tertiary/aromatic N) is 2. The molecule has 0 N–H and O–H groups in total. The smallest absolute Gasteiger partial charge is 0.356 e. The second-order valence-corrected chi connectivity index (χ2v) is 5.33. The summed E-state index contributed by atoms with van der Waals surface area (Å²) in [5, 5.41) is 3.90. The largest absolute Gasteiger partial charge is 0.534 e. The molecule has 0 amide bonds.